The van der Waals surface area contributed by atoms with Crippen LogP contribution in [0.3, 0.4) is 0 Å². The van der Waals surface area contributed by atoms with Crippen LogP contribution in [0.25, 0.3) is 10.9 Å². The number of aromatic nitrogens is 1. The normalized spacial score (nSPS) is 11.1. The number of fused-ring (bicyclic) bond motifs is 1. The van der Waals surface area contributed by atoms with Crippen molar-refractivity contribution in [1.29, 1.82) is 5.26 Å². The minimum absolute atomic E-state index is 0.472. The molecule has 0 fully saturated rings. The number of nitrogens with one attached hydrogen (secondary N) is 1. The van der Waals surface area contributed by atoms with Crippen molar-refractivity contribution in [1.82, 2.24) is 4.98 Å². The molecule has 1 heterocycles. The predicted octanol–water partition coefficient (Wildman–Crippen LogP) is 4.62. The van der Waals surface area contributed by atoms with Crippen molar-refractivity contribution in [3.63, 3.8) is 0 Å². The maximum absolute atomic E-state index is 9.52. The lowest BCUT2D eigenvalue weighted by Gasteiger charge is -2.12. The van der Waals surface area contributed by atoms with E-state index in [9.17, 15) is 5.26 Å². The summed E-state index contributed by atoms with van der Waals surface area (Å²) in [5.74, 6) is 1.40. The van der Waals surface area contributed by atoms with Crippen LogP contribution < -0.4 is 14.8 Å². The molecule has 1 N–H and O–H groups in total. The SMILES string of the molecule is COc1cc(C)nc2c(OC)cc(CC(C#N)=CNc3ccccc3)cc12. The number of pyridine rings is 1. The number of hydrogen-bond donors (Lipinski definition) is 1. The van der Waals surface area contributed by atoms with Gasteiger partial charge in [0.2, 0.25) is 0 Å². The monoisotopic (exact) mass is 359 g/mol. The highest BCUT2D eigenvalue weighted by Gasteiger charge is 2.12. The average molecular weight is 359 g/mol. The number of anilines is 1. The van der Waals surface area contributed by atoms with Crippen LogP contribution in [0.1, 0.15) is 11.3 Å². The second-order valence-electron chi connectivity index (χ2n) is 6.13. The standard InChI is InChI=1S/C22H21N3O2/c1-15-9-20(26-2)19-11-16(12-21(27-3)22(19)25-15)10-17(13-23)14-24-18-7-5-4-6-8-18/h4-9,11-12,14,24H,10H2,1-3H3. The molecule has 0 saturated heterocycles. The lowest BCUT2D eigenvalue weighted by atomic mass is 10.0. The number of methoxy groups -OCH3 is 2. The number of aryl methyl sites for hydroxylation is 1. The number of nitrogens with zero attached hydrogens (tertiary/aromatic N) is 2. The van der Waals surface area contributed by atoms with E-state index in [1.54, 1.807) is 20.4 Å². The summed E-state index contributed by atoms with van der Waals surface area (Å²) >= 11 is 0. The van der Waals surface area contributed by atoms with Crippen LogP contribution in [0, 0.1) is 18.3 Å². The van der Waals surface area contributed by atoms with Gasteiger partial charge in [0.15, 0.2) is 0 Å². The van der Waals surface area contributed by atoms with Gasteiger partial charge in [-0.3, -0.25) is 0 Å². The van der Waals surface area contributed by atoms with Crippen molar-refractivity contribution < 1.29 is 9.47 Å². The predicted molar refractivity (Wildman–Crippen MR) is 107 cm³/mol. The van der Waals surface area contributed by atoms with Crippen LogP contribution in [0.4, 0.5) is 5.69 Å². The molecule has 136 valence electrons. The van der Waals surface area contributed by atoms with Crippen molar-refractivity contribution in [3.8, 4) is 17.6 Å². The summed E-state index contributed by atoms with van der Waals surface area (Å²) in [5.41, 5.74) is 4.10. The van der Waals surface area contributed by atoms with Gasteiger partial charge >= 0.3 is 0 Å². The first kappa shape index (κ1) is 18.3. The fraction of sp³-hybridized carbons (Fsp3) is 0.182. The van der Waals surface area contributed by atoms with E-state index in [0.29, 0.717) is 17.7 Å². The molecule has 2 aromatic carbocycles. The van der Waals surface area contributed by atoms with Gasteiger partial charge in [-0.2, -0.15) is 5.26 Å². The van der Waals surface area contributed by atoms with Crippen LogP contribution in [-0.2, 0) is 6.42 Å². The highest BCUT2D eigenvalue weighted by molar-refractivity contribution is 5.91. The van der Waals surface area contributed by atoms with E-state index < -0.39 is 0 Å². The van der Waals surface area contributed by atoms with Crippen molar-refractivity contribution in [2.45, 2.75) is 13.3 Å². The number of para-hydroxylation sites is 1. The lowest BCUT2D eigenvalue weighted by Crippen LogP contribution is -1.98. The maximum atomic E-state index is 9.52. The smallest absolute Gasteiger partial charge is 0.145 e. The molecule has 0 aliphatic carbocycles. The van der Waals surface area contributed by atoms with E-state index in [1.807, 2.05) is 55.5 Å². The maximum Gasteiger partial charge on any atom is 0.145 e. The van der Waals surface area contributed by atoms with Gasteiger partial charge in [-0.1, -0.05) is 18.2 Å². The molecular formula is C22H21N3O2. The fourth-order valence-electron chi connectivity index (χ4n) is 2.92. The summed E-state index contributed by atoms with van der Waals surface area (Å²) in [6.45, 7) is 1.92. The molecule has 0 unspecified atom stereocenters. The Labute approximate surface area is 158 Å². The van der Waals surface area contributed by atoms with E-state index in [-0.39, 0.29) is 0 Å². The minimum Gasteiger partial charge on any atom is -0.496 e. The zero-order valence-corrected chi connectivity index (χ0v) is 15.6. The molecule has 3 aromatic rings. The average Bonchev–Trinajstić information content (AvgIpc) is 2.70. The summed E-state index contributed by atoms with van der Waals surface area (Å²) in [6.07, 6.45) is 2.20. The summed E-state index contributed by atoms with van der Waals surface area (Å²) in [7, 11) is 3.25. The van der Waals surface area contributed by atoms with Crippen molar-refractivity contribution >= 4 is 16.6 Å². The van der Waals surface area contributed by atoms with Gasteiger partial charge in [-0.15, -0.1) is 0 Å². The van der Waals surface area contributed by atoms with Crippen LogP contribution in [0.2, 0.25) is 0 Å². The van der Waals surface area contributed by atoms with Gasteiger partial charge in [0, 0.05) is 41.0 Å². The Morgan fingerprint density at radius 1 is 1.11 bits per heavy atom. The second-order valence-corrected chi connectivity index (χ2v) is 6.13. The Morgan fingerprint density at radius 3 is 2.52 bits per heavy atom. The Hall–Kier alpha value is -3.52. The highest BCUT2D eigenvalue weighted by atomic mass is 16.5. The zero-order valence-electron chi connectivity index (χ0n) is 15.6. The van der Waals surface area contributed by atoms with E-state index in [1.165, 1.54) is 0 Å². The molecular weight excluding hydrogens is 338 g/mol. The third kappa shape index (κ3) is 4.18. The molecule has 0 radical (unpaired) electrons. The zero-order chi connectivity index (χ0) is 19.2. The molecule has 3 rings (SSSR count). The number of hydrogen-bond acceptors (Lipinski definition) is 5. The van der Waals surface area contributed by atoms with Crippen molar-refractivity contribution in [2.24, 2.45) is 0 Å². The first-order valence-electron chi connectivity index (χ1n) is 8.57. The van der Waals surface area contributed by atoms with Crippen molar-refractivity contribution in [2.75, 3.05) is 19.5 Å². The number of allylic oxidation sites excluding steroid dienone is 1. The van der Waals surface area contributed by atoms with Crippen LogP contribution in [0.5, 0.6) is 11.5 Å². The number of benzene rings is 2. The molecule has 27 heavy (non-hydrogen) atoms. The third-order valence-electron chi connectivity index (χ3n) is 4.19. The Bertz CT molecular complexity index is 1020. The Morgan fingerprint density at radius 2 is 1.85 bits per heavy atom. The third-order valence-corrected chi connectivity index (χ3v) is 4.19. The van der Waals surface area contributed by atoms with Gasteiger partial charge in [0.05, 0.1) is 20.3 Å². The van der Waals surface area contributed by atoms with E-state index >= 15 is 0 Å². The topological polar surface area (TPSA) is 67.2 Å². The molecule has 0 spiro atoms. The Kier molecular flexibility index (Phi) is 5.58. The first-order valence-corrected chi connectivity index (χ1v) is 8.57. The highest BCUT2D eigenvalue weighted by Crippen LogP contribution is 2.33. The minimum atomic E-state index is 0.472. The fourth-order valence-corrected chi connectivity index (χ4v) is 2.92. The summed E-state index contributed by atoms with van der Waals surface area (Å²) in [6, 6.07) is 17.8. The van der Waals surface area contributed by atoms with Crippen molar-refractivity contribution in [3.05, 3.63) is 71.6 Å². The molecule has 0 amide bonds. The molecule has 0 aliphatic heterocycles. The summed E-state index contributed by atoms with van der Waals surface area (Å²) < 4.78 is 11.0. The molecule has 0 saturated carbocycles. The van der Waals surface area contributed by atoms with Crippen LogP contribution in [-0.4, -0.2) is 19.2 Å². The van der Waals surface area contributed by atoms with E-state index in [4.69, 9.17) is 9.47 Å². The van der Waals surface area contributed by atoms with Gasteiger partial charge in [0.25, 0.3) is 0 Å². The van der Waals surface area contributed by atoms with Gasteiger partial charge in [-0.25, -0.2) is 4.98 Å². The molecule has 1 aromatic heterocycles. The largest absolute Gasteiger partial charge is 0.496 e. The summed E-state index contributed by atoms with van der Waals surface area (Å²) in [4.78, 5) is 4.57. The van der Waals surface area contributed by atoms with E-state index in [2.05, 4.69) is 16.4 Å². The molecule has 5 nitrogen and oxygen atoms in total. The number of nitriles is 1. The molecule has 5 heteroatoms. The van der Waals surface area contributed by atoms with Crippen LogP contribution in [0.15, 0.2) is 60.3 Å². The van der Waals surface area contributed by atoms with Gasteiger partial charge in [0.1, 0.15) is 17.0 Å². The van der Waals surface area contributed by atoms with Gasteiger partial charge < -0.3 is 14.8 Å². The van der Waals surface area contributed by atoms with E-state index in [0.717, 1.165) is 33.6 Å². The number of ether oxygens (including phenoxy) is 2. The molecule has 0 aliphatic rings. The second kappa shape index (κ2) is 8.24. The Balaban J connectivity index is 1.96. The lowest BCUT2D eigenvalue weighted by molar-refractivity contribution is 0.413. The number of rotatable bonds is 6. The van der Waals surface area contributed by atoms with Crippen LogP contribution >= 0.6 is 0 Å². The molecule has 0 atom stereocenters. The first-order chi connectivity index (χ1) is 13.1. The summed E-state index contributed by atoms with van der Waals surface area (Å²) in [5, 5.41) is 13.5. The molecule has 0 bridgehead atoms. The quantitative estimate of drug-likeness (QED) is 0.650. The van der Waals surface area contributed by atoms with Gasteiger partial charge in [-0.05, 0) is 36.8 Å².